The van der Waals surface area contributed by atoms with Gasteiger partial charge in [-0.15, -0.1) is 0 Å². The first-order chi connectivity index (χ1) is 10.9. The first-order valence-electron chi connectivity index (χ1n) is 7.74. The predicted molar refractivity (Wildman–Crippen MR) is 77.3 cm³/mol. The molecule has 6 heteroatoms. The smallest absolute Gasteiger partial charge is 0.373 e. The first kappa shape index (κ1) is 14.8. The Morgan fingerprint density at radius 3 is 2.43 bits per heavy atom. The van der Waals surface area contributed by atoms with E-state index in [2.05, 4.69) is 0 Å². The summed E-state index contributed by atoms with van der Waals surface area (Å²) in [5.41, 5.74) is -0.697. The van der Waals surface area contributed by atoms with Gasteiger partial charge in [0.15, 0.2) is 0 Å². The summed E-state index contributed by atoms with van der Waals surface area (Å²) in [6, 6.07) is 4.62. The lowest BCUT2D eigenvalue weighted by Gasteiger charge is -2.40. The van der Waals surface area contributed by atoms with Gasteiger partial charge < -0.3 is 5.11 Å². The van der Waals surface area contributed by atoms with Gasteiger partial charge in [-0.25, -0.2) is 0 Å². The van der Waals surface area contributed by atoms with Gasteiger partial charge in [0.05, 0.1) is 11.5 Å². The van der Waals surface area contributed by atoms with Crippen molar-refractivity contribution in [3.8, 4) is 0 Å². The minimum absolute atomic E-state index is 0.0861. The average Bonchev–Trinajstić information content (AvgIpc) is 2.81. The lowest BCUT2D eigenvalue weighted by molar-refractivity contribution is -0.137. The van der Waals surface area contributed by atoms with Gasteiger partial charge in [-0.2, -0.15) is 13.2 Å². The Labute approximate surface area is 131 Å². The van der Waals surface area contributed by atoms with Crippen molar-refractivity contribution < 1.29 is 23.1 Å². The van der Waals surface area contributed by atoms with Gasteiger partial charge in [0.1, 0.15) is 6.23 Å². The minimum Gasteiger partial charge on any atom is -0.373 e. The van der Waals surface area contributed by atoms with Crippen molar-refractivity contribution in [3.05, 3.63) is 42.0 Å². The van der Waals surface area contributed by atoms with Gasteiger partial charge >= 0.3 is 6.18 Å². The highest BCUT2D eigenvalue weighted by molar-refractivity contribution is 5.98. The van der Waals surface area contributed by atoms with Crippen molar-refractivity contribution in [2.75, 3.05) is 4.90 Å². The monoisotopic (exact) mass is 323 g/mol. The molecule has 5 rings (SSSR count). The molecule has 1 N–H and O–H groups in total. The Kier molecular flexibility index (Phi) is 3.10. The molecule has 1 aromatic carbocycles. The summed E-state index contributed by atoms with van der Waals surface area (Å²) in [5.74, 6) is -0.590. The number of aliphatic hydroxyl groups excluding tert-OH is 1. The third-order valence-electron chi connectivity index (χ3n) is 5.39. The highest BCUT2D eigenvalue weighted by Crippen LogP contribution is 2.52. The maximum atomic E-state index is 12.9. The maximum absolute atomic E-state index is 12.9. The fraction of sp³-hybridized carbons (Fsp3) is 0.471. The lowest BCUT2D eigenvalue weighted by atomic mass is 9.63. The molecule has 1 heterocycles. The van der Waals surface area contributed by atoms with Gasteiger partial charge in [-0.3, -0.25) is 9.69 Å². The summed E-state index contributed by atoms with van der Waals surface area (Å²) >= 11 is 0. The number of benzene rings is 1. The van der Waals surface area contributed by atoms with Crippen molar-refractivity contribution in [1.82, 2.24) is 0 Å². The van der Waals surface area contributed by atoms with Crippen LogP contribution >= 0.6 is 0 Å². The number of carbonyl (C=O) groups excluding carboxylic acids is 1. The molecule has 2 fully saturated rings. The molecule has 5 atom stereocenters. The number of hydrogen-bond donors (Lipinski definition) is 1. The first-order valence-corrected chi connectivity index (χ1v) is 7.74. The molecule has 2 bridgehead atoms. The summed E-state index contributed by atoms with van der Waals surface area (Å²) < 4.78 is 38.7. The van der Waals surface area contributed by atoms with Crippen molar-refractivity contribution in [3.63, 3.8) is 0 Å². The van der Waals surface area contributed by atoms with E-state index >= 15 is 0 Å². The number of allylic oxidation sites excluding steroid dienone is 2. The third-order valence-corrected chi connectivity index (χ3v) is 5.39. The molecular weight excluding hydrogens is 307 g/mol. The van der Waals surface area contributed by atoms with Crippen LogP contribution in [0.15, 0.2) is 36.4 Å². The Hall–Kier alpha value is -1.82. The second-order valence-corrected chi connectivity index (χ2v) is 6.56. The summed E-state index contributed by atoms with van der Waals surface area (Å²) in [4.78, 5) is 13.9. The summed E-state index contributed by atoms with van der Waals surface area (Å²) in [6.45, 7) is 0. The number of aliphatic hydroxyl groups is 1. The van der Waals surface area contributed by atoms with Crippen LogP contribution in [0.3, 0.4) is 0 Å². The van der Waals surface area contributed by atoms with Crippen LogP contribution in [-0.2, 0) is 11.0 Å². The van der Waals surface area contributed by atoms with Crippen LogP contribution < -0.4 is 4.90 Å². The van der Waals surface area contributed by atoms with Gasteiger partial charge in [0, 0.05) is 11.6 Å². The quantitative estimate of drug-likeness (QED) is 0.806. The molecule has 3 nitrogen and oxygen atoms in total. The van der Waals surface area contributed by atoms with Crippen LogP contribution in [0.4, 0.5) is 18.9 Å². The zero-order valence-corrected chi connectivity index (χ0v) is 12.2. The van der Waals surface area contributed by atoms with E-state index in [4.69, 9.17) is 0 Å². The number of rotatable bonds is 1. The van der Waals surface area contributed by atoms with Crippen molar-refractivity contribution in [1.29, 1.82) is 0 Å². The zero-order valence-electron chi connectivity index (χ0n) is 12.2. The fourth-order valence-electron chi connectivity index (χ4n) is 4.36. The third kappa shape index (κ3) is 2.11. The van der Waals surface area contributed by atoms with Crippen molar-refractivity contribution >= 4 is 11.6 Å². The number of amides is 1. The van der Waals surface area contributed by atoms with E-state index in [0.29, 0.717) is 0 Å². The molecule has 5 unspecified atom stereocenters. The number of halogens is 3. The SMILES string of the molecule is O=C1C2C3C=CC(CC3)C2C(O)N1c1cccc(C(F)(F)F)c1. The number of alkyl halides is 3. The molecule has 1 aliphatic heterocycles. The van der Waals surface area contributed by atoms with Gasteiger partial charge in [-0.1, -0.05) is 18.2 Å². The summed E-state index contributed by atoms with van der Waals surface area (Å²) in [7, 11) is 0. The molecule has 1 amide bonds. The van der Waals surface area contributed by atoms with Crippen LogP contribution in [0, 0.1) is 23.7 Å². The Morgan fingerprint density at radius 1 is 1.13 bits per heavy atom. The normalized spacial score (nSPS) is 35.7. The molecule has 122 valence electrons. The number of hydrogen-bond acceptors (Lipinski definition) is 2. The Balaban J connectivity index is 1.72. The molecule has 0 aromatic heterocycles. The van der Waals surface area contributed by atoms with Gasteiger partial charge in [0.25, 0.3) is 0 Å². The lowest BCUT2D eigenvalue weighted by Crippen LogP contribution is -2.40. The van der Waals surface area contributed by atoms with E-state index < -0.39 is 18.0 Å². The Morgan fingerprint density at radius 2 is 1.83 bits per heavy atom. The number of nitrogens with zero attached hydrogens (tertiary/aromatic N) is 1. The molecule has 23 heavy (non-hydrogen) atoms. The zero-order chi connectivity index (χ0) is 16.4. The van der Waals surface area contributed by atoms with E-state index in [1.54, 1.807) is 0 Å². The number of anilines is 1. The van der Waals surface area contributed by atoms with Crippen molar-refractivity contribution in [2.45, 2.75) is 25.2 Å². The fourth-order valence-corrected chi connectivity index (χ4v) is 4.36. The van der Waals surface area contributed by atoms with E-state index in [9.17, 15) is 23.1 Å². The van der Waals surface area contributed by atoms with E-state index in [0.717, 1.165) is 29.9 Å². The van der Waals surface area contributed by atoms with Crippen LogP contribution in [-0.4, -0.2) is 17.2 Å². The van der Waals surface area contributed by atoms with Gasteiger partial charge in [-0.05, 0) is 42.9 Å². The van der Waals surface area contributed by atoms with E-state index in [1.165, 1.54) is 12.1 Å². The van der Waals surface area contributed by atoms with Crippen LogP contribution in [0.1, 0.15) is 18.4 Å². The molecule has 1 aromatic rings. The number of carbonyl (C=O) groups is 1. The van der Waals surface area contributed by atoms with E-state index in [1.807, 2.05) is 12.2 Å². The largest absolute Gasteiger partial charge is 0.416 e. The number of fused-ring (bicyclic) bond motifs is 1. The molecular formula is C17H16F3NO2. The van der Waals surface area contributed by atoms with E-state index in [-0.39, 0.29) is 35.3 Å². The van der Waals surface area contributed by atoms with Crippen LogP contribution in [0.5, 0.6) is 0 Å². The summed E-state index contributed by atoms with van der Waals surface area (Å²) in [6.07, 6.45) is 0.350. The Bertz CT molecular complexity index is 685. The van der Waals surface area contributed by atoms with Crippen molar-refractivity contribution in [2.24, 2.45) is 23.7 Å². The molecule has 4 aliphatic rings. The second-order valence-electron chi connectivity index (χ2n) is 6.56. The minimum atomic E-state index is -4.48. The average molecular weight is 323 g/mol. The highest BCUT2D eigenvalue weighted by Gasteiger charge is 2.56. The molecule has 0 spiro atoms. The molecule has 0 radical (unpaired) electrons. The highest BCUT2D eigenvalue weighted by atomic mass is 19.4. The predicted octanol–water partition coefficient (Wildman–Crippen LogP) is 3.20. The second kappa shape index (κ2) is 4.84. The molecule has 1 saturated heterocycles. The summed E-state index contributed by atoms with van der Waals surface area (Å²) in [5, 5.41) is 10.6. The topological polar surface area (TPSA) is 40.5 Å². The van der Waals surface area contributed by atoms with Crippen LogP contribution in [0.25, 0.3) is 0 Å². The maximum Gasteiger partial charge on any atom is 0.416 e. The van der Waals surface area contributed by atoms with Crippen LogP contribution in [0.2, 0.25) is 0 Å². The molecule has 3 aliphatic carbocycles. The van der Waals surface area contributed by atoms with Gasteiger partial charge in [0.2, 0.25) is 5.91 Å². The standard InChI is InChI=1S/C17H16F3NO2/c18-17(19,20)11-2-1-3-12(8-11)21-15(22)13-9-4-5-10(7-6-9)14(13)16(21)23/h1-5,8-10,13-15,22H,6-7H2. The molecule has 1 saturated carbocycles.